The molecule has 0 saturated carbocycles. The number of aromatic nitrogens is 4. The van der Waals surface area contributed by atoms with Crippen LogP contribution < -0.4 is 0 Å². The van der Waals surface area contributed by atoms with Crippen LogP contribution in [0.4, 0.5) is 0 Å². The molecule has 0 spiro atoms. The van der Waals surface area contributed by atoms with Gasteiger partial charge in [-0.15, -0.1) is 0 Å². The first kappa shape index (κ1) is 32.7. The maximum absolute atomic E-state index is 5.48. The van der Waals surface area contributed by atoms with E-state index >= 15 is 0 Å². The van der Waals surface area contributed by atoms with Crippen LogP contribution in [0, 0.1) is 0 Å². The van der Waals surface area contributed by atoms with Crippen LogP contribution >= 0.6 is 0 Å². The summed E-state index contributed by atoms with van der Waals surface area (Å²) in [5.74, 6) is 0. The van der Waals surface area contributed by atoms with Crippen LogP contribution in [0.25, 0.3) is 126 Å². The van der Waals surface area contributed by atoms with E-state index in [0.717, 1.165) is 33.0 Å². The predicted octanol–water partition coefficient (Wildman–Crippen LogP) is 14.9. The Morgan fingerprint density at radius 2 is 0.787 bits per heavy atom. The highest BCUT2D eigenvalue weighted by Gasteiger charge is 2.25. The number of fused-ring (bicyclic) bond motifs is 13. The van der Waals surface area contributed by atoms with Gasteiger partial charge in [-0.25, -0.2) is 4.98 Å². The molecular weight excluding hydrogens is 741 g/mol. The Hall–Kier alpha value is -8.21. The van der Waals surface area contributed by atoms with Gasteiger partial charge < -0.3 is 13.5 Å². The van der Waals surface area contributed by atoms with Crippen LogP contribution in [0.15, 0.2) is 206 Å². The molecule has 0 radical (unpaired) electrons. The first-order chi connectivity index (χ1) is 30.3. The summed E-state index contributed by atoms with van der Waals surface area (Å²) < 4.78 is 7.32. The van der Waals surface area contributed by atoms with Crippen LogP contribution in [-0.4, -0.2) is 18.5 Å². The average molecular weight is 775 g/mol. The molecule has 5 aromatic heterocycles. The Labute approximate surface area is 349 Å². The molecule has 0 bridgehead atoms. The van der Waals surface area contributed by atoms with Gasteiger partial charge in [0.1, 0.15) is 0 Å². The summed E-state index contributed by atoms with van der Waals surface area (Å²) in [4.78, 5) is 5.48. The lowest BCUT2D eigenvalue weighted by Crippen LogP contribution is -1.94. The second kappa shape index (κ2) is 12.2. The molecule has 61 heavy (non-hydrogen) atoms. The zero-order chi connectivity index (χ0) is 39.8. The van der Waals surface area contributed by atoms with Crippen LogP contribution in [0.2, 0.25) is 0 Å². The highest BCUT2D eigenvalue weighted by Crippen LogP contribution is 2.46. The molecule has 0 aliphatic rings. The topological polar surface area (TPSA) is 27.2 Å². The molecule has 282 valence electrons. The third kappa shape index (κ3) is 4.45. The first-order valence-electron chi connectivity index (χ1n) is 21.0. The number of nitrogens with zero attached hydrogens (tertiary/aromatic N) is 4. The predicted molar refractivity (Wildman–Crippen MR) is 256 cm³/mol. The van der Waals surface area contributed by atoms with Crippen LogP contribution in [0.1, 0.15) is 0 Å². The summed E-state index contributed by atoms with van der Waals surface area (Å²) in [7, 11) is 0. The van der Waals surface area contributed by atoms with Crippen molar-refractivity contribution in [1.29, 1.82) is 0 Å². The summed E-state index contributed by atoms with van der Waals surface area (Å²) in [5, 5.41) is 9.76. The minimum atomic E-state index is 1.00. The van der Waals surface area contributed by atoms with Crippen LogP contribution in [0.5, 0.6) is 0 Å². The molecule has 0 aliphatic carbocycles. The number of pyridine rings is 1. The van der Waals surface area contributed by atoms with Gasteiger partial charge in [-0.3, -0.25) is 0 Å². The van der Waals surface area contributed by atoms with E-state index in [1.165, 1.54) is 93.4 Å². The van der Waals surface area contributed by atoms with Crippen molar-refractivity contribution in [2.45, 2.75) is 0 Å². The normalized spacial score (nSPS) is 12.3. The Kier molecular flexibility index (Phi) is 6.52. The van der Waals surface area contributed by atoms with Crippen molar-refractivity contribution in [3.05, 3.63) is 206 Å². The maximum Gasteiger partial charge on any atom is 0.0978 e. The smallest absolute Gasteiger partial charge is 0.0978 e. The molecule has 0 fully saturated rings. The molecule has 14 aromatic rings. The largest absolute Gasteiger partial charge is 0.309 e. The van der Waals surface area contributed by atoms with E-state index in [9.17, 15) is 0 Å². The van der Waals surface area contributed by atoms with Crippen molar-refractivity contribution in [2.24, 2.45) is 0 Å². The zero-order valence-corrected chi connectivity index (χ0v) is 32.9. The van der Waals surface area contributed by atoms with Crippen molar-refractivity contribution in [3.63, 3.8) is 0 Å². The number of hydrogen-bond donors (Lipinski definition) is 0. The van der Waals surface area contributed by atoms with E-state index in [4.69, 9.17) is 4.98 Å². The molecule has 4 nitrogen and oxygen atoms in total. The van der Waals surface area contributed by atoms with Crippen molar-refractivity contribution < 1.29 is 0 Å². The summed E-state index contributed by atoms with van der Waals surface area (Å²) in [5.41, 5.74) is 17.5. The molecular formula is C57H34N4. The molecule has 4 heteroatoms. The van der Waals surface area contributed by atoms with E-state index in [0.29, 0.717) is 0 Å². The van der Waals surface area contributed by atoms with Crippen molar-refractivity contribution in [2.75, 3.05) is 0 Å². The SMILES string of the molecule is c1ccc(-c2c3ccccc3nc3c4cc(-n5c6ccccc6c6cc(-c7ccc8c(c7)c7ccccc7n8-c7ccccc7)ccc65)cc5c6ccccc6n(c23)c54)cc1. The fourth-order valence-electron chi connectivity index (χ4n) is 10.6. The van der Waals surface area contributed by atoms with Gasteiger partial charge in [0, 0.05) is 60.0 Å². The van der Waals surface area contributed by atoms with Crippen molar-refractivity contribution in [1.82, 2.24) is 18.5 Å². The average Bonchev–Trinajstić information content (AvgIpc) is 4.05. The molecule has 0 atom stereocenters. The zero-order valence-electron chi connectivity index (χ0n) is 32.9. The van der Waals surface area contributed by atoms with Gasteiger partial charge in [0.2, 0.25) is 0 Å². The molecule has 0 aliphatic heterocycles. The molecule has 9 aromatic carbocycles. The summed E-state index contributed by atoms with van der Waals surface area (Å²) in [6, 6.07) is 75.3. The quantitative estimate of drug-likeness (QED) is 0.175. The monoisotopic (exact) mass is 774 g/mol. The maximum atomic E-state index is 5.48. The molecule has 0 N–H and O–H groups in total. The van der Waals surface area contributed by atoms with Gasteiger partial charge in [-0.05, 0) is 89.5 Å². The Bertz CT molecular complexity index is 4090. The van der Waals surface area contributed by atoms with Crippen LogP contribution in [-0.2, 0) is 0 Å². The Balaban J connectivity index is 1.03. The minimum Gasteiger partial charge on any atom is -0.309 e. The third-order valence-corrected chi connectivity index (χ3v) is 13.1. The van der Waals surface area contributed by atoms with Gasteiger partial charge in [-0.1, -0.05) is 133 Å². The molecule has 14 rings (SSSR count). The fourth-order valence-corrected chi connectivity index (χ4v) is 10.6. The van der Waals surface area contributed by atoms with E-state index < -0.39 is 0 Å². The first-order valence-corrected chi connectivity index (χ1v) is 21.0. The molecule has 5 heterocycles. The number of benzene rings is 9. The lowest BCUT2D eigenvalue weighted by atomic mass is 9.98. The van der Waals surface area contributed by atoms with E-state index in [1.807, 2.05) is 0 Å². The molecule has 0 unspecified atom stereocenters. The molecule has 0 saturated heterocycles. The molecule has 0 amide bonds. The number of para-hydroxylation sites is 5. The number of rotatable bonds is 4. The van der Waals surface area contributed by atoms with E-state index in [1.54, 1.807) is 0 Å². The number of hydrogen-bond acceptors (Lipinski definition) is 1. The standard InChI is InChI=1S/C57H34N4/c1-3-15-35(16-4-1)54-43-22-7-11-23-48(43)58-55-47-34-39(33-46-42-21-10-14-26-51(42)61(56(46)47)57(54)55)60-50-25-13-9-20-41(50)45-32-37(28-30-53(45)60)36-27-29-52-44(31-36)40-19-8-12-24-49(40)59(52)38-17-5-2-6-18-38/h1-34H. The van der Waals surface area contributed by atoms with Crippen LogP contribution in [0.3, 0.4) is 0 Å². The minimum absolute atomic E-state index is 1.00. The van der Waals surface area contributed by atoms with Gasteiger partial charge in [0.25, 0.3) is 0 Å². The van der Waals surface area contributed by atoms with Gasteiger partial charge in [-0.2, -0.15) is 0 Å². The van der Waals surface area contributed by atoms with Crippen molar-refractivity contribution >= 4 is 92.7 Å². The second-order valence-electron chi connectivity index (χ2n) is 16.3. The van der Waals surface area contributed by atoms with E-state index in [-0.39, 0.29) is 0 Å². The van der Waals surface area contributed by atoms with Gasteiger partial charge in [0.05, 0.1) is 49.7 Å². The summed E-state index contributed by atoms with van der Waals surface area (Å²) in [6.45, 7) is 0. The Morgan fingerprint density at radius 3 is 1.44 bits per heavy atom. The lowest BCUT2D eigenvalue weighted by Gasteiger charge is -2.11. The highest BCUT2D eigenvalue weighted by atomic mass is 15.0. The second-order valence-corrected chi connectivity index (χ2v) is 16.3. The summed E-state index contributed by atoms with van der Waals surface area (Å²) in [6.07, 6.45) is 0. The van der Waals surface area contributed by atoms with E-state index in [2.05, 4.69) is 220 Å². The highest BCUT2D eigenvalue weighted by molar-refractivity contribution is 6.27. The fraction of sp³-hybridized carbons (Fsp3) is 0. The van der Waals surface area contributed by atoms with Gasteiger partial charge in [0.15, 0.2) is 0 Å². The third-order valence-electron chi connectivity index (χ3n) is 13.1. The Morgan fingerprint density at radius 1 is 0.295 bits per heavy atom. The van der Waals surface area contributed by atoms with Crippen molar-refractivity contribution in [3.8, 4) is 33.6 Å². The van der Waals surface area contributed by atoms with Gasteiger partial charge >= 0.3 is 0 Å². The summed E-state index contributed by atoms with van der Waals surface area (Å²) >= 11 is 0. The lowest BCUT2D eigenvalue weighted by molar-refractivity contribution is 1.18.